The average molecular weight is 315 g/mol. The molecule has 0 bridgehead atoms. The minimum Gasteiger partial charge on any atom is -0.301 e. The number of Topliss-reactive ketones (excluding diaryl/α,β-unsaturated/α-hetero) is 1. The molecule has 17 heavy (non-hydrogen) atoms. The Morgan fingerprint density at radius 1 is 1.47 bits per heavy atom. The molecular weight excluding hydrogens is 305 g/mol. The summed E-state index contributed by atoms with van der Waals surface area (Å²) in [6, 6.07) is 5.22. The first-order chi connectivity index (χ1) is 8.04. The normalized spacial score (nSPS) is 15.5. The van der Waals surface area contributed by atoms with E-state index in [0.717, 1.165) is 10.0 Å². The summed E-state index contributed by atoms with van der Waals surface area (Å²) in [6.45, 7) is 2.14. The van der Waals surface area contributed by atoms with Crippen LogP contribution in [0.2, 0.25) is 0 Å². The van der Waals surface area contributed by atoms with Gasteiger partial charge in [-0.15, -0.1) is 0 Å². The van der Waals surface area contributed by atoms with Crippen LogP contribution in [0.4, 0.5) is 5.69 Å². The smallest absolute Gasteiger partial charge is 0.299 e. The van der Waals surface area contributed by atoms with Crippen LogP contribution in [0.15, 0.2) is 33.8 Å². The molecule has 88 valence electrons. The first-order valence-corrected chi connectivity index (χ1v) is 6.19. The van der Waals surface area contributed by atoms with Crippen molar-refractivity contribution < 1.29 is 9.59 Å². The maximum atomic E-state index is 11.8. The summed E-state index contributed by atoms with van der Waals surface area (Å²) in [5.41, 5.74) is 3.31. The van der Waals surface area contributed by atoms with Crippen molar-refractivity contribution in [3.63, 3.8) is 0 Å². The summed E-state index contributed by atoms with van der Waals surface area (Å²) in [6.07, 6.45) is 0. The summed E-state index contributed by atoms with van der Waals surface area (Å²) < 4.78 is 0.781. The van der Waals surface area contributed by atoms with Crippen molar-refractivity contribution in [3.8, 4) is 0 Å². The molecule has 0 N–H and O–H groups in total. The average Bonchev–Trinajstić information content (AvgIpc) is 2.54. The molecule has 0 atom stereocenters. The van der Waals surface area contributed by atoms with Gasteiger partial charge in [-0.05, 0) is 30.7 Å². The molecule has 2 rings (SSSR count). The van der Waals surface area contributed by atoms with Crippen molar-refractivity contribution in [3.05, 3.63) is 39.3 Å². The number of ketones is 1. The SMILES string of the molecule is C/C(=C/Cl)CN1C(=O)C(=O)c2cc(Br)ccc21. The van der Waals surface area contributed by atoms with Crippen LogP contribution in [-0.4, -0.2) is 18.2 Å². The number of halogens is 2. The Morgan fingerprint density at radius 2 is 2.18 bits per heavy atom. The minimum atomic E-state index is -0.504. The lowest BCUT2D eigenvalue weighted by Gasteiger charge is -2.16. The van der Waals surface area contributed by atoms with E-state index in [1.807, 2.05) is 6.92 Å². The highest BCUT2D eigenvalue weighted by Gasteiger charge is 2.35. The molecular formula is C12H9BrClNO2. The van der Waals surface area contributed by atoms with Crippen molar-refractivity contribution >= 4 is 44.9 Å². The second-order valence-electron chi connectivity index (χ2n) is 3.84. The molecule has 0 aliphatic carbocycles. The lowest BCUT2D eigenvalue weighted by Crippen LogP contribution is -2.31. The highest BCUT2D eigenvalue weighted by Crippen LogP contribution is 2.31. The zero-order valence-electron chi connectivity index (χ0n) is 9.04. The number of benzene rings is 1. The monoisotopic (exact) mass is 313 g/mol. The summed E-state index contributed by atoms with van der Waals surface area (Å²) in [7, 11) is 0. The maximum Gasteiger partial charge on any atom is 0.299 e. The zero-order valence-corrected chi connectivity index (χ0v) is 11.4. The summed E-state index contributed by atoms with van der Waals surface area (Å²) >= 11 is 8.86. The molecule has 0 saturated carbocycles. The van der Waals surface area contributed by atoms with Crippen LogP contribution in [0.3, 0.4) is 0 Å². The number of hydrogen-bond acceptors (Lipinski definition) is 2. The summed E-state index contributed by atoms with van der Waals surface area (Å²) in [5, 5.41) is 0. The second-order valence-corrected chi connectivity index (χ2v) is 4.97. The van der Waals surface area contributed by atoms with Crippen LogP contribution in [0.25, 0.3) is 0 Å². The molecule has 1 amide bonds. The Kier molecular flexibility index (Phi) is 3.35. The standard InChI is InChI=1S/C12H9BrClNO2/c1-7(5-14)6-15-10-3-2-8(13)4-9(10)11(16)12(15)17/h2-5H,6H2,1H3/b7-5-. The topological polar surface area (TPSA) is 37.4 Å². The van der Waals surface area contributed by atoms with Crippen LogP contribution < -0.4 is 4.90 Å². The number of rotatable bonds is 2. The first-order valence-electron chi connectivity index (χ1n) is 4.96. The molecule has 1 aliphatic rings. The van der Waals surface area contributed by atoms with Crippen molar-refractivity contribution in [2.75, 3.05) is 11.4 Å². The number of anilines is 1. The van der Waals surface area contributed by atoms with E-state index in [9.17, 15) is 9.59 Å². The van der Waals surface area contributed by atoms with Gasteiger partial charge in [-0.2, -0.15) is 0 Å². The van der Waals surface area contributed by atoms with Gasteiger partial charge in [0.25, 0.3) is 11.7 Å². The lowest BCUT2D eigenvalue weighted by atomic mass is 10.1. The Hall–Kier alpha value is -1.13. The van der Waals surface area contributed by atoms with E-state index in [-0.39, 0.29) is 0 Å². The van der Waals surface area contributed by atoms with Crippen molar-refractivity contribution in [2.24, 2.45) is 0 Å². The Morgan fingerprint density at radius 3 is 2.82 bits per heavy atom. The van der Waals surface area contributed by atoms with E-state index in [4.69, 9.17) is 11.6 Å². The number of hydrogen-bond donors (Lipinski definition) is 0. The third-order valence-electron chi connectivity index (χ3n) is 2.53. The van der Waals surface area contributed by atoms with Crippen LogP contribution in [0.5, 0.6) is 0 Å². The van der Waals surface area contributed by atoms with Crippen LogP contribution >= 0.6 is 27.5 Å². The fraction of sp³-hybridized carbons (Fsp3) is 0.167. The molecule has 5 heteroatoms. The van der Waals surface area contributed by atoms with Gasteiger partial charge < -0.3 is 4.90 Å². The number of carbonyl (C=O) groups is 2. The third kappa shape index (κ3) is 2.15. The number of fused-ring (bicyclic) bond motifs is 1. The predicted molar refractivity (Wildman–Crippen MR) is 70.4 cm³/mol. The van der Waals surface area contributed by atoms with E-state index in [2.05, 4.69) is 15.9 Å². The second kappa shape index (κ2) is 4.63. The van der Waals surface area contributed by atoms with Crippen molar-refractivity contribution in [1.29, 1.82) is 0 Å². The molecule has 1 aromatic carbocycles. The lowest BCUT2D eigenvalue weighted by molar-refractivity contribution is -0.114. The highest BCUT2D eigenvalue weighted by atomic mass is 79.9. The van der Waals surface area contributed by atoms with E-state index in [1.165, 1.54) is 10.4 Å². The fourth-order valence-corrected chi connectivity index (χ4v) is 2.14. The van der Waals surface area contributed by atoms with Gasteiger partial charge in [-0.25, -0.2) is 0 Å². The summed E-state index contributed by atoms with van der Waals surface area (Å²) in [5.74, 6) is -0.973. The van der Waals surface area contributed by atoms with Crippen LogP contribution in [0, 0.1) is 0 Å². The van der Waals surface area contributed by atoms with Gasteiger partial charge in [0.15, 0.2) is 0 Å². The number of carbonyl (C=O) groups excluding carboxylic acids is 2. The van der Waals surface area contributed by atoms with Gasteiger partial charge in [-0.3, -0.25) is 9.59 Å². The van der Waals surface area contributed by atoms with E-state index in [1.54, 1.807) is 18.2 Å². The largest absolute Gasteiger partial charge is 0.301 e. The van der Waals surface area contributed by atoms with E-state index < -0.39 is 11.7 Å². The van der Waals surface area contributed by atoms with Crippen LogP contribution in [-0.2, 0) is 4.79 Å². The first kappa shape index (κ1) is 12.3. The molecule has 0 unspecified atom stereocenters. The van der Waals surface area contributed by atoms with Gasteiger partial charge in [0.05, 0.1) is 11.3 Å². The van der Waals surface area contributed by atoms with Crippen molar-refractivity contribution in [1.82, 2.24) is 0 Å². The van der Waals surface area contributed by atoms with Gasteiger partial charge in [0, 0.05) is 16.6 Å². The molecule has 3 nitrogen and oxygen atoms in total. The third-order valence-corrected chi connectivity index (χ3v) is 3.39. The van der Waals surface area contributed by atoms with Gasteiger partial charge in [0.1, 0.15) is 0 Å². The van der Waals surface area contributed by atoms with Gasteiger partial charge in [-0.1, -0.05) is 27.5 Å². The van der Waals surface area contributed by atoms with Gasteiger partial charge in [0.2, 0.25) is 0 Å². The predicted octanol–water partition coefficient (Wildman–Crippen LogP) is 3.12. The number of nitrogens with zero attached hydrogens (tertiary/aromatic N) is 1. The maximum absolute atomic E-state index is 11.8. The Labute approximate surface area is 112 Å². The molecule has 0 radical (unpaired) electrons. The van der Waals surface area contributed by atoms with Crippen molar-refractivity contribution in [2.45, 2.75) is 6.92 Å². The molecule has 1 heterocycles. The molecule has 1 aromatic rings. The minimum absolute atomic E-state index is 0.336. The molecule has 0 fully saturated rings. The quantitative estimate of drug-likeness (QED) is 0.787. The molecule has 1 aliphatic heterocycles. The zero-order chi connectivity index (χ0) is 12.6. The highest BCUT2D eigenvalue weighted by molar-refractivity contribution is 9.10. The van der Waals surface area contributed by atoms with E-state index >= 15 is 0 Å². The fourth-order valence-electron chi connectivity index (χ4n) is 1.71. The molecule has 0 aromatic heterocycles. The Balaban J connectivity index is 2.45. The van der Waals surface area contributed by atoms with E-state index in [0.29, 0.717) is 17.8 Å². The van der Waals surface area contributed by atoms with Gasteiger partial charge >= 0.3 is 0 Å². The van der Waals surface area contributed by atoms with Crippen LogP contribution in [0.1, 0.15) is 17.3 Å². The summed E-state index contributed by atoms with van der Waals surface area (Å²) in [4.78, 5) is 25.0. The molecule has 0 spiro atoms. The molecule has 0 saturated heterocycles. The number of amides is 1. The Bertz CT molecular complexity index is 539.